The summed E-state index contributed by atoms with van der Waals surface area (Å²) in [6.07, 6.45) is 5.17. The third-order valence-electron chi connectivity index (χ3n) is 4.00. The number of halogens is 1. The van der Waals surface area contributed by atoms with E-state index in [1.807, 2.05) is 13.0 Å². The van der Waals surface area contributed by atoms with Gasteiger partial charge in [0.15, 0.2) is 11.5 Å². The first-order valence-corrected chi connectivity index (χ1v) is 9.32. The first kappa shape index (κ1) is 21.7. The molecule has 0 saturated carbocycles. The summed E-state index contributed by atoms with van der Waals surface area (Å²) in [5, 5.41) is 29.4. The van der Waals surface area contributed by atoms with Crippen molar-refractivity contribution in [3.8, 4) is 11.5 Å². The number of phenols is 1. The lowest BCUT2D eigenvalue weighted by Crippen LogP contribution is -2.12. The standard InChI is InChI=1S/C20H27IO4/c1-5-14(6-7-18(23)16(8-9-22)13(2)3)10-15-11-17(21)20(24)19(12-15)25-4/h8,10-12,18,22-24H,2,5-7,9H2,1,3-4H3/b14-10+,16-8-. The molecule has 0 bridgehead atoms. The lowest BCUT2D eigenvalue weighted by Gasteiger charge is -2.16. The maximum atomic E-state index is 10.4. The molecule has 0 aliphatic rings. The molecule has 5 heteroatoms. The Balaban J connectivity index is 2.93. The Morgan fingerprint density at radius 3 is 2.60 bits per heavy atom. The molecule has 0 aliphatic carbocycles. The molecule has 1 aromatic rings. The minimum Gasteiger partial charge on any atom is -0.504 e. The molecule has 0 fully saturated rings. The second-order valence-corrected chi connectivity index (χ2v) is 7.05. The van der Waals surface area contributed by atoms with E-state index >= 15 is 0 Å². The molecule has 1 atom stereocenters. The fraction of sp³-hybridized carbons (Fsp3) is 0.400. The number of ether oxygens (including phenoxy) is 1. The van der Waals surface area contributed by atoms with E-state index in [0.29, 0.717) is 17.7 Å². The SMILES string of the molecule is C=C(C)/C(=C/CO)C(O)CC/C(=C/c1cc(I)c(O)c(OC)c1)CC. The number of aromatic hydroxyl groups is 1. The molecule has 0 saturated heterocycles. The highest BCUT2D eigenvalue weighted by Gasteiger charge is 2.13. The van der Waals surface area contributed by atoms with E-state index in [4.69, 9.17) is 9.84 Å². The molecule has 0 heterocycles. The average molecular weight is 458 g/mol. The Morgan fingerprint density at radius 1 is 1.40 bits per heavy atom. The summed E-state index contributed by atoms with van der Waals surface area (Å²) in [4.78, 5) is 0. The molecule has 3 N–H and O–H groups in total. The van der Waals surface area contributed by atoms with Gasteiger partial charge in [-0.25, -0.2) is 0 Å². The van der Waals surface area contributed by atoms with Crippen molar-refractivity contribution in [2.45, 2.75) is 39.2 Å². The lowest BCUT2D eigenvalue weighted by atomic mass is 9.95. The van der Waals surface area contributed by atoms with Gasteiger partial charge in [0.1, 0.15) is 0 Å². The van der Waals surface area contributed by atoms with Gasteiger partial charge in [0.2, 0.25) is 0 Å². The smallest absolute Gasteiger partial charge is 0.171 e. The highest BCUT2D eigenvalue weighted by Crippen LogP contribution is 2.33. The summed E-state index contributed by atoms with van der Waals surface area (Å²) < 4.78 is 5.93. The van der Waals surface area contributed by atoms with Crippen LogP contribution in [0.1, 0.15) is 38.7 Å². The van der Waals surface area contributed by atoms with Crippen LogP contribution in [-0.4, -0.2) is 35.1 Å². The number of allylic oxidation sites excluding steroid dienone is 1. The summed E-state index contributed by atoms with van der Waals surface area (Å²) in [6, 6.07) is 3.70. The van der Waals surface area contributed by atoms with Crippen LogP contribution < -0.4 is 4.74 Å². The van der Waals surface area contributed by atoms with Gasteiger partial charge >= 0.3 is 0 Å². The highest BCUT2D eigenvalue weighted by molar-refractivity contribution is 14.1. The zero-order chi connectivity index (χ0) is 19.0. The minimum atomic E-state index is -0.644. The van der Waals surface area contributed by atoms with Gasteiger partial charge in [-0.1, -0.05) is 36.8 Å². The molecule has 0 aromatic heterocycles. The summed E-state index contributed by atoms with van der Waals surface area (Å²) in [7, 11) is 1.53. The van der Waals surface area contributed by atoms with E-state index in [1.165, 1.54) is 12.7 Å². The summed E-state index contributed by atoms with van der Waals surface area (Å²) >= 11 is 2.07. The summed E-state index contributed by atoms with van der Waals surface area (Å²) in [6.45, 7) is 7.64. The Bertz CT molecular complexity index is 662. The van der Waals surface area contributed by atoms with Gasteiger partial charge in [0.05, 0.1) is 23.4 Å². The van der Waals surface area contributed by atoms with E-state index in [9.17, 15) is 10.2 Å². The van der Waals surface area contributed by atoms with Crippen molar-refractivity contribution in [3.63, 3.8) is 0 Å². The van der Waals surface area contributed by atoms with Crippen molar-refractivity contribution >= 4 is 28.7 Å². The van der Waals surface area contributed by atoms with Gasteiger partial charge in [-0.3, -0.25) is 0 Å². The molecule has 138 valence electrons. The van der Waals surface area contributed by atoms with Crippen LogP contribution in [0.3, 0.4) is 0 Å². The van der Waals surface area contributed by atoms with Crippen LogP contribution in [0, 0.1) is 3.57 Å². The molecule has 25 heavy (non-hydrogen) atoms. The van der Waals surface area contributed by atoms with Crippen molar-refractivity contribution in [1.29, 1.82) is 0 Å². The van der Waals surface area contributed by atoms with Gasteiger partial charge in [-0.2, -0.15) is 0 Å². The molecule has 0 radical (unpaired) electrons. The van der Waals surface area contributed by atoms with E-state index in [2.05, 4.69) is 42.2 Å². The van der Waals surface area contributed by atoms with Gasteiger partial charge in [-0.15, -0.1) is 0 Å². The average Bonchev–Trinajstić information content (AvgIpc) is 2.58. The molecule has 0 aliphatic heterocycles. The fourth-order valence-corrected chi connectivity index (χ4v) is 3.22. The third kappa shape index (κ3) is 6.49. The lowest BCUT2D eigenvalue weighted by molar-refractivity contribution is 0.201. The third-order valence-corrected chi connectivity index (χ3v) is 4.82. The van der Waals surface area contributed by atoms with E-state index in [0.717, 1.165) is 27.5 Å². The quantitative estimate of drug-likeness (QED) is 0.378. The number of phenolic OH excluding ortho intramolecular Hbond substituents is 1. The molecule has 4 nitrogen and oxygen atoms in total. The second kappa shape index (κ2) is 10.6. The number of hydrogen-bond acceptors (Lipinski definition) is 4. The topological polar surface area (TPSA) is 69.9 Å². The first-order valence-electron chi connectivity index (χ1n) is 8.24. The van der Waals surface area contributed by atoms with Crippen LogP contribution in [0.5, 0.6) is 11.5 Å². The number of benzene rings is 1. The van der Waals surface area contributed by atoms with Gasteiger partial charge in [0, 0.05) is 0 Å². The van der Waals surface area contributed by atoms with E-state index in [1.54, 1.807) is 12.1 Å². The molecule has 1 unspecified atom stereocenters. The number of rotatable bonds is 9. The van der Waals surface area contributed by atoms with E-state index < -0.39 is 6.10 Å². The Hall–Kier alpha value is -1.31. The van der Waals surface area contributed by atoms with Crippen molar-refractivity contribution in [1.82, 2.24) is 0 Å². The fourth-order valence-electron chi connectivity index (χ4n) is 2.59. The molecule has 1 rings (SSSR count). The van der Waals surface area contributed by atoms with Crippen molar-refractivity contribution in [2.24, 2.45) is 0 Å². The Labute approximate surface area is 163 Å². The molecule has 1 aromatic carbocycles. The van der Waals surface area contributed by atoms with Gasteiger partial charge in [0.25, 0.3) is 0 Å². The number of hydrogen-bond donors (Lipinski definition) is 3. The van der Waals surface area contributed by atoms with Crippen LogP contribution in [-0.2, 0) is 0 Å². The van der Waals surface area contributed by atoms with Gasteiger partial charge < -0.3 is 20.1 Å². The van der Waals surface area contributed by atoms with Gasteiger partial charge in [-0.05, 0) is 72.0 Å². The predicted molar refractivity (Wildman–Crippen MR) is 111 cm³/mol. The summed E-state index contributed by atoms with van der Waals surface area (Å²) in [5.41, 5.74) is 3.60. The Kier molecular flexibility index (Phi) is 9.24. The van der Waals surface area contributed by atoms with Crippen molar-refractivity contribution in [3.05, 3.63) is 50.6 Å². The normalized spacial score (nSPS) is 13.7. The zero-order valence-corrected chi connectivity index (χ0v) is 17.2. The molecular formula is C20H27IO4. The maximum Gasteiger partial charge on any atom is 0.171 e. The van der Waals surface area contributed by atoms with Crippen molar-refractivity contribution in [2.75, 3.05) is 13.7 Å². The minimum absolute atomic E-state index is 0.110. The van der Waals surface area contributed by atoms with Crippen LogP contribution in [0.15, 0.2) is 41.5 Å². The molecule has 0 amide bonds. The number of methoxy groups -OCH3 is 1. The largest absolute Gasteiger partial charge is 0.504 e. The summed E-state index contributed by atoms with van der Waals surface area (Å²) in [5.74, 6) is 0.595. The van der Waals surface area contributed by atoms with Crippen LogP contribution >= 0.6 is 22.6 Å². The predicted octanol–water partition coefficient (Wildman–Crippen LogP) is 4.43. The monoisotopic (exact) mass is 458 g/mol. The second-order valence-electron chi connectivity index (χ2n) is 5.89. The maximum absolute atomic E-state index is 10.4. The van der Waals surface area contributed by atoms with Crippen LogP contribution in [0.25, 0.3) is 6.08 Å². The van der Waals surface area contributed by atoms with Crippen molar-refractivity contribution < 1.29 is 20.1 Å². The van der Waals surface area contributed by atoms with Crippen LogP contribution in [0.4, 0.5) is 0 Å². The Morgan fingerprint density at radius 2 is 2.08 bits per heavy atom. The highest BCUT2D eigenvalue weighted by atomic mass is 127. The van der Waals surface area contributed by atoms with E-state index in [-0.39, 0.29) is 12.4 Å². The number of aliphatic hydroxyl groups is 2. The first-order chi connectivity index (χ1) is 11.8. The molecule has 0 spiro atoms. The van der Waals surface area contributed by atoms with Crippen LogP contribution in [0.2, 0.25) is 0 Å². The molecular weight excluding hydrogens is 431 g/mol. The number of aliphatic hydroxyl groups excluding tert-OH is 2. The zero-order valence-electron chi connectivity index (χ0n) is 15.1.